The number of nitrogens with zero attached hydrogens (tertiary/aromatic N) is 4. The van der Waals surface area contributed by atoms with Crippen molar-refractivity contribution in [3.63, 3.8) is 0 Å². The van der Waals surface area contributed by atoms with Crippen LogP contribution in [0.15, 0.2) is 70.7 Å². The molecule has 172 valence electrons. The molecule has 2 aromatic rings. The third-order valence-corrected chi connectivity index (χ3v) is 5.77. The lowest BCUT2D eigenvalue weighted by atomic mass is 9.80. The molecular formula is C27H23N7O. The zero-order valence-electron chi connectivity index (χ0n) is 19.3. The number of rotatable bonds is 3. The van der Waals surface area contributed by atoms with E-state index < -0.39 is 6.03 Å². The first-order chi connectivity index (χ1) is 16.9. The van der Waals surface area contributed by atoms with Crippen LogP contribution in [0.25, 0.3) is 11.6 Å². The van der Waals surface area contributed by atoms with Crippen molar-refractivity contribution < 1.29 is 4.79 Å². The molecule has 35 heavy (non-hydrogen) atoms. The summed E-state index contributed by atoms with van der Waals surface area (Å²) in [6.07, 6.45) is 9.14. The summed E-state index contributed by atoms with van der Waals surface area (Å²) in [5.74, 6) is 0.426. The molecular weight excluding hydrogens is 438 g/mol. The van der Waals surface area contributed by atoms with Crippen LogP contribution in [0.5, 0.6) is 0 Å². The van der Waals surface area contributed by atoms with Gasteiger partial charge in [0.25, 0.3) is 0 Å². The second kappa shape index (κ2) is 9.90. The van der Waals surface area contributed by atoms with Gasteiger partial charge in [-0.15, -0.1) is 0 Å². The summed E-state index contributed by atoms with van der Waals surface area (Å²) in [4.78, 5) is 21.2. The summed E-state index contributed by atoms with van der Waals surface area (Å²) >= 11 is 0. The largest absolute Gasteiger partial charge is 0.351 e. The molecule has 2 aliphatic rings. The lowest BCUT2D eigenvalue weighted by Gasteiger charge is -2.32. The van der Waals surface area contributed by atoms with E-state index >= 15 is 0 Å². The van der Waals surface area contributed by atoms with Gasteiger partial charge in [0.2, 0.25) is 5.96 Å². The van der Waals surface area contributed by atoms with Gasteiger partial charge in [0.15, 0.2) is 0 Å². The average molecular weight is 462 g/mol. The van der Waals surface area contributed by atoms with Crippen molar-refractivity contribution >= 4 is 35.2 Å². The monoisotopic (exact) mass is 461 g/mol. The quantitative estimate of drug-likeness (QED) is 0.589. The molecule has 4 rings (SSSR count). The van der Waals surface area contributed by atoms with E-state index in [0.29, 0.717) is 23.0 Å². The van der Waals surface area contributed by atoms with Gasteiger partial charge in [-0.1, -0.05) is 30.4 Å². The predicted molar refractivity (Wildman–Crippen MR) is 137 cm³/mol. The van der Waals surface area contributed by atoms with Crippen molar-refractivity contribution in [2.45, 2.75) is 19.9 Å². The Hall–Kier alpha value is -4.95. The number of aliphatic imine (C=N–C) groups is 2. The zero-order valence-corrected chi connectivity index (χ0v) is 19.3. The smallest absolute Gasteiger partial charge is 0.317 e. The number of allylic oxidation sites excluding steroid dienone is 3. The maximum absolute atomic E-state index is 11.7. The van der Waals surface area contributed by atoms with Crippen LogP contribution in [0.3, 0.4) is 0 Å². The number of guanidine groups is 1. The number of nitrogens with two attached hydrogens (primary N) is 1. The third-order valence-electron chi connectivity index (χ3n) is 5.77. The Morgan fingerprint density at radius 2 is 1.86 bits per heavy atom. The van der Waals surface area contributed by atoms with Gasteiger partial charge in [-0.05, 0) is 72.0 Å². The number of amidine groups is 1. The molecule has 0 saturated heterocycles. The lowest BCUT2D eigenvalue weighted by molar-refractivity contribution is 0.252. The SMILES string of the molecule is Cc1cc(/C=C/C#N)cc(C)c1C1=CC=CC2C(NC(N)=O)=NC(Nc3ccc(C#N)cc3)=NC12. The van der Waals surface area contributed by atoms with Crippen molar-refractivity contribution in [1.29, 1.82) is 10.5 Å². The Bertz CT molecular complexity index is 1390. The molecule has 0 fully saturated rings. The summed E-state index contributed by atoms with van der Waals surface area (Å²) < 4.78 is 0. The summed E-state index contributed by atoms with van der Waals surface area (Å²) in [7, 11) is 0. The second-order valence-corrected chi connectivity index (χ2v) is 8.22. The number of hydrogen-bond acceptors (Lipinski definition) is 6. The highest BCUT2D eigenvalue weighted by Gasteiger charge is 2.35. The number of benzene rings is 2. The Morgan fingerprint density at radius 1 is 1.14 bits per heavy atom. The second-order valence-electron chi connectivity index (χ2n) is 8.22. The van der Waals surface area contributed by atoms with Crippen molar-refractivity contribution in [3.05, 3.63) is 88.5 Å². The van der Waals surface area contributed by atoms with Crippen molar-refractivity contribution in [2.75, 3.05) is 5.32 Å². The fraction of sp³-hybridized carbons (Fsp3) is 0.148. The molecule has 2 atom stereocenters. The highest BCUT2D eigenvalue weighted by atomic mass is 16.2. The molecule has 4 N–H and O–H groups in total. The van der Waals surface area contributed by atoms with E-state index in [2.05, 4.69) is 21.7 Å². The van der Waals surface area contributed by atoms with E-state index in [0.717, 1.165) is 27.8 Å². The molecule has 0 spiro atoms. The molecule has 1 aliphatic carbocycles. The molecule has 2 amide bonds. The van der Waals surface area contributed by atoms with Crippen LogP contribution in [0.1, 0.15) is 27.8 Å². The number of fused-ring (bicyclic) bond motifs is 1. The molecule has 0 bridgehead atoms. The molecule has 2 unspecified atom stereocenters. The Kier molecular flexibility index (Phi) is 6.57. The van der Waals surface area contributed by atoms with E-state index in [4.69, 9.17) is 21.2 Å². The number of carbonyl (C=O) groups excluding carboxylic acids is 1. The van der Waals surface area contributed by atoms with E-state index in [9.17, 15) is 4.79 Å². The van der Waals surface area contributed by atoms with Crippen LogP contribution in [-0.4, -0.2) is 23.9 Å². The van der Waals surface area contributed by atoms with E-state index in [-0.39, 0.29) is 12.0 Å². The summed E-state index contributed by atoms with van der Waals surface area (Å²) in [6, 6.07) is 14.1. The van der Waals surface area contributed by atoms with Crippen molar-refractivity contribution in [3.8, 4) is 12.1 Å². The number of urea groups is 1. The van der Waals surface area contributed by atoms with E-state index in [1.165, 1.54) is 6.08 Å². The van der Waals surface area contributed by atoms with Gasteiger partial charge in [0.05, 0.1) is 29.7 Å². The topological polar surface area (TPSA) is 139 Å². The Morgan fingerprint density at radius 3 is 2.49 bits per heavy atom. The molecule has 1 heterocycles. The van der Waals surface area contributed by atoms with Crippen LogP contribution in [0.4, 0.5) is 10.5 Å². The average Bonchev–Trinajstić information content (AvgIpc) is 2.83. The standard InChI is InChI=1S/C27H23N7O/c1-16-13-19(5-4-12-28)14-17(2)23(16)21-6-3-7-22-24(21)32-27(34-25(22)33-26(30)35)31-20-10-8-18(15-29)9-11-20/h3-11,13-14,22,24H,1-2H3,(H4,30,31,32,33,34,35)/b5-4+. The first kappa shape index (κ1) is 23.2. The number of anilines is 1. The Balaban J connectivity index is 1.75. The minimum Gasteiger partial charge on any atom is -0.351 e. The maximum atomic E-state index is 11.7. The first-order valence-corrected chi connectivity index (χ1v) is 11.0. The third kappa shape index (κ3) is 5.02. The fourth-order valence-corrected chi connectivity index (χ4v) is 4.38. The molecule has 1 aliphatic heterocycles. The molecule has 8 heteroatoms. The van der Waals surface area contributed by atoms with Crippen LogP contribution in [0.2, 0.25) is 0 Å². The summed E-state index contributed by atoms with van der Waals surface area (Å²) in [5.41, 5.74) is 11.8. The number of primary amides is 1. The summed E-state index contributed by atoms with van der Waals surface area (Å²) in [6.45, 7) is 4.05. The van der Waals surface area contributed by atoms with Gasteiger partial charge < -0.3 is 11.1 Å². The van der Waals surface area contributed by atoms with E-state index in [1.807, 2.05) is 50.3 Å². The molecule has 8 nitrogen and oxygen atoms in total. The van der Waals surface area contributed by atoms with Crippen LogP contribution in [0, 0.1) is 42.4 Å². The summed E-state index contributed by atoms with van der Waals surface area (Å²) in [5, 5.41) is 23.7. The molecule has 0 saturated carbocycles. The number of hydrogen-bond donors (Lipinski definition) is 3. The highest BCUT2D eigenvalue weighted by molar-refractivity contribution is 6.11. The minimum absolute atomic E-state index is 0.300. The van der Waals surface area contributed by atoms with Crippen molar-refractivity contribution in [2.24, 2.45) is 21.6 Å². The Labute approximate surface area is 203 Å². The van der Waals surface area contributed by atoms with E-state index in [1.54, 1.807) is 30.3 Å². The van der Waals surface area contributed by atoms with Gasteiger partial charge in [-0.25, -0.2) is 9.79 Å². The molecule has 2 aromatic carbocycles. The van der Waals surface area contributed by atoms with Gasteiger partial charge in [0, 0.05) is 11.8 Å². The minimum atomic E-state index is -0.701. The van der Waals surface area contributed by atoms with Crippen LogP contribution in [-0.2, 0) is 0 Å². The van der Waals surface area contributed by atoms with Gasteiger partial charge in [0.1, 0.15) is 5.84 Å². The maximum Gasteiger partial charge on any atom is 0.317 e. The molecule has 0 aromatic heterocycles. The van der Waals surface area contributed by atoms with Gasteiger partial charge in [-0.2, -0.15) is 15.5 Å². The molecule has 0 radical (unpaired) electrons. The lowest BCUT2D eigenvalue weighted by Crippen LogP contribution is -2.46. The number of nitrogens with one attached hydrogen (secondary N) is 2. The number of amides is 2. The zero-order chi connectivity index (χ0) is 24.9. The number of aryl methyl sites for hydroxylation is 2. The normalized spacial score (nSPS) is 18.5. The number of carbonyl (C=O) groups is 1. The number of nitriles is 2. The van der Waals surface area contributed by atoms with Crippen LogP contribution >= 0.6 is 0 Å². The van der Waals surface area contributed by atoms with Gasteiger partial charge >= 0.3 is 6.03 Å². The van der Waals surface area contributed by atoms with Crippen LogP contribution < -0.4 is 16.4 Å². The van der Waals surface area contributed by atoms with Crippen molar-refractivity contribution in [1.82, 2.24) is 5.32 Å². The first-order valence-electron chi connectivity index (χ1n) is 11.0. The predicted octanol–water partition coefficient (Wildman–Crippen LogP) is 4.20. The fourth-order valence-electron chi connectivity index (χ4n) is 4.38. The van der Waals surface area contributed by atoms with Gasteiger partial charge in [-0.3, -0.25) is 5.32 Å². The highest BCUT2D eigenvalue weighted by Crippen LogP contribution is 2.36.